The molecular formula is C21H23N3O2. The summed E-state index contributed by atoms with van der Waals surface area (Å²) in [6, 6.07) is 17.9. The van der Waals surface area contributed by atoms with E-state index in [1.807, 2.05) is 30.3 Å². The number of carbonyl (C=O) groups is 1. The first kappa shape index (κ1) is 18.0. The average molecular weight is 349 g/mol. The summed E-state index contributed by atoms with van der Waals surface area (Å²) in [5, 5.41) is 11.6. The Hall–Kier alpha value is -2.84. The number of likely N-dealkylation sites (tertiary alicyclic amines) is 1. The van der Waals surface area contributed by atoms with Gasteiger partial charge in [0.15, 0.2) is 0 Å². The highest BCUT2D eigenvalue weighted by Gasteiger charge is 2.31. The van der Waals surface area contributed by atoms with Crippen LogP contribution in [0, 0.1) is 17.2 Å². The Kier molecular flexibility index (Phi) is 5.88. The van der Waals surface area contributed by atoms with Crippen LogP contribution < -0.4 is 10.1 Å². The van der Waals surface area contributed by atoms with E-state index in [1.165, 1.54) is 5.56 Å². The fourth-order valence-electron chi connectivity index (χ4n) is 3.10. The molecule has 1 aliphatic rings. The van der Waals surface area contributed by atoms with Crippen LogP contribution in [0.25, 0.3) is 0 Å². The van der Waals surface area contributed by atoms with Crippen molar-refractivity contribution in [3.05, 3.63) is 65.2 Å². The summed E-state index contributed by atoms with van der Waals surface area (Å²) in [6.45, 7) is 3.07. The van der Waals surface area contributed by atoms with E-state index < -0.39 is 0 Å². The lowest BCUT2D eigenvalue weighted by Crippen LogP contribution is -2.52. The molecule has 1 aliphatic heterocycles. The van der Waals surface area contributed by atoms with E-state index in [0.29, 0.717) is 12.2 Å². The maximum atomic E-state index is 11.5. The number of carbonyl (C=O) groups excluding carboxylic acids is 1. The van der Waals surface area contributed by atoms with Crippen molar-refractivity contribution in [2.24, 2.45) is 5.92 Å². The highest BCUT2D eigenvalue weighted by Crippen LogP contribution is 2.20. The van der Waals surface area contributed by atoms with Crippen LogP contribution in [0.3, 0.4) is 0 Å². The molecule has 0 atom stereocenters. The van der Waals surface area contributed by atoms with Gasteiger partial charge in [-0.25, -0.2) is 0 Å². The molecule has 0 spiro atoms. The Balaban J connectivity index is 1.42. The van der Waals surface area contributed by atoms with Gasteiger partial charge in [-0.3, -0.25) is 9.69 Å². The first-order valence-corrected chi connectivity index (χ1v) is 8.82. The molecule has 0 unspecified atom stereocenters. The number of hydrogen-bond acceptors (Lipinski definition) is 4. The monoisotopic (exact) mass is 349 g/mol. The number of nitrogens with zero attached hydrogens (tertiary/aromatic N) is 2. The summed E-state index contributed by atoms with van der Waals surface area (Å²) in [6.07, 6.45) is 0.770. The van der Waals surface area contributed by atoms with Crippen molar-refractivity contribution < 1.29 is 9.53 Å². The molecule has 26 heavy (non-hydrogen) atoms. The molecule has 1 amide bonds. The van der Waals surface area contributed by atoms with E-state index in [-0.39, 0.29) is 11.8 Å². The van der Waals surface area contributed by atoms with Crippen molar-refractivity contribution in [3.8, 4) is 11.8 Å². The van der Waals surface area contributed by atoms with Gasteiger partial charge in [-0.05, 0) is 35.4 Å². The zero-order chi connectivity index (χ0) is 18.4. The van der Waals surface area contributed by atoms with Crippen LogP contribution in [0.2, 0.25) is 0 Å². The van der Waals surface area contributed by atoms with E-state index in [1.54, 1.807) is 13.1 Å². The van der Waals surface area contributed by atoms with Gasteiger partial charge in [-0.2, -0.15) is 5.26 Å². The minimum atomic E-state index is 0.127. The molecule has 2 aromatic rings. The second-order valence-corrected chi connectivity index (χ2v) is 6.56. The van der Waals surface area contributed by atoms with Gasteiger partial charge in [0.05, 0.1) is 24.2 Å². The van der Waals surface area contributed by atoms with E-state index in [0.717, 1.165) is 37.4 Å². The smallest absolute Gasteiger partial charge is 0.225 e. The Morgan fingerprint density at radius 3 is 2.69 bits per heavy atom. The minimum absolute atomic E-state index is 0.127. The van der Waals surface area contributed by atoms with Crippen LogP contribution in [0.1, 0.15) is 16.7 Å². The number of hydrogen-bond donors (Lipinski definition) is 1. The lowest BCUT2D eigenvalue weighted by Gasteiger charge is -2.38. The molecule has 1 heterocycles. The molecule has 1 fully saturated rings. The van der Waals surface area contributed by atoms with E-state index in [4.69, 9.17) is 10.00 Å². The molecule has 0 saturated carbocycles. The van der Waals surface area contributed by atoms with Crippen LogP contribution in [0.5, 0.6) is 5.75 Å². The molecule has 1 N–H and O–H groups in total. The largest absolute Gasteiger partial charge is 0.493 e. The normalized spacial score (nSPS) is 14.3. The summed E-state index contributed by atoms with van der Waals surface area (Å²) >= 11 is 0. The topological polar surface area (TPSA) is 65.4 Å². The molecule has 0 radical (unpaired) electrons. The Labute approximate surface area is 154 Å². The van der Waals surface area contributed by atoms with Gasteiger partial charge in [0.1, 0.15) is 5.75 Å². The van der Waals surface area contributed by atoms with Crippen molar-refractivity contribution in [1.82, 2.24) is 10.2 Å². The third-order valence-corrected chi connectivity index (χ3v) is 4.62. The molecule has 3 rings (SSSR count). The van der Waals surface area contributed by atoms with Crippen molar-refractivity contribution in [3.63, 3.8) is 0 Å². The van der Waals surface area contributed by atoms with E-state index >= 15 is 0 Å². The standard InChI is InChI=1S/C21H23N3O2/c1-23-21(25)19-14-24(15-19)13-17-5-7-20(8-6-17)26-10-9-16-3-2-4-18(11-16)12-22/h2-8,11,19H,9-10,13-15H2,1H3,(H,23,25). The van der Waals surface area contributed by atoms with Crippen LogP contribution in [-0.2, 0) is 17.8 Å². The average Bonchev–Trinajstić information content (AvgIpc) is 2.65. The third-order valence-electron chi connectivity index (χ3n) is 4.62. The summed E-state index contributed by atoms with van der Waals surface area (Å²) in [5.74, 6) is 1.10. The number of nitrogens with one attached hydrogen (secondary N) is 1. The predicted octanol–water partition coefficient (Wildman–Crippen LogP) is 2.36. The zero-order valence-electron chi connectivity index (χ0n) is 14.9. The number of rotatable bonds is 7. The maximum absolute atomic E-state index is 11.5. The second-order valence-electron chi connectivity index (χ2n) is 6.56. The number of amides is 1. The summed E-state index contributed by atoms with van der Waals surface area (Å²) in [4.78, 5) is 13.8. The van der Waals surface area contributed by atoms with Gasteiger partial charge in [-0.1, -0.05) is 24.3 Å². The van der Waals surface area contributed by atoms with Crippen molar-refractivity contribution >= 4 is 5.91 Å². The van der Waals surface area contributed by atoms with Crippen LogP contribution >= 0.6 is 0 Å². The number of benzene rings is 2. The first-order chi connectivity index (χ1) is 12.7. The Bertz CT molecular complexity index is 790. The molecule has 0 bridgehead atoms. The SMILES string of the molecule is CNC(=O)C1CN(Cc2ccc(OCCc3cccc(C#N)c3)cc2)C1. The minimum Gasteiger partial charge on any atom is -0.493 e. The van der Waals surface area contributed by atoms with Gasteiger partial charge < -0.3 is 10.1 Å². The van der Waals surface area contributed by atoms with Crippen molar-refractivity contribution in [2.45, 2.75) is 13.0 Å². The van der Waals surface area contributed by atoms with Crippen molar-refractivity contribution in [2.75, 3.05) is 26.7 Å². The highest BCUT2D eigenvalue weighted by atomic mass is 16.5. The van der Waals surface area contributed by atoms with Gasteiger partial charge >= 0.3 is 0 Å². The van der Waals surface area contributed by atoms with Crippen LogP contribution in [-0.4, -0.2) is 37.6 Å². The maximum Gasteiger partial charge on any atom is 0.225 e. The molecule has 0 aliphatic carbocycles. The quantitative estimate of drug-likeness (QED) is 0.833. The molecule has 5 heteroatoms. The van der Waals surface area contributed by atoms with E-state index in [2.05, 4.69) is 28.4 Å². The molecule has 1 saturated heterocycles. The second kappa shape index (κ2) is 8.50. The third kappa shape index (κ3) is 4.62. The van der Waals surface area contributed by atoms with Crippen LogP contribution in [0.15, 0.2) is 48.5 Å². The fourth-order valence-corrected chi connectivity index (χ4v) is 3.10. The predicted molar refractivity (Wildman–Crippen MR) is 99.6 cm³/mol. The Morgan fingerprint density at radius 2 is 2.00 bits per heavy atom. The van der Waals surface area contributed by atoms with Gasteiger partial charge in [-0.15, -0.1) is 0 Å². The Morgan fingerprint density at radius 1 is 1.23 bits per heavy atom. The molecular weight excluding hydrogens is 326 g/mol. The first-order valence-electron chi connectivity index (χ1n) is 8.82. The fraction of sp³-hybridized carbons (Fsp3) is 0.333. The molecule has 2 aromatic carbocycles. The zero-order valence-corrected chi connectivity index (χ0v) is 14.9. The lowest BCUT2D eigenvalue weighted by molar-refractivity contribution is -0.129. The van der Waals surface area contributed by atoms with Crippen molar-refractivity contribution in [1.29, 1.82) is 5.26 Å². The van der Waals surface area contributed by atoms with Gasteiger partial charge in [0, 0.05) is 33.1 Å². The number of ether oxygens (including phenoxy) is 1. The summed E-state index contributed by atoms with van der Waals surface area (Å²) in [5.41, 5.74) is 3.00. The van der Waals surface area contributed by atoms with Gasteiger partial charge in [0.25, 0.3) is 0 Å². The summed E-state index contributed by atoms with van der Waals surface area (Å²) in [7, 11) is 1.68. The molecule has 5 nitrogen and oxygen atoms in total. The lowest BCUT2D eigenvalue weighted by atomic mass is 9.98. The van der Waals surface area contributed by atoms with Crippen LogP contribution in [0.4, 0.5) is 0 Å². The summed E-state index contributed by atoms with van der Waals surface area (Å²) < 4.78 is 5.80. The molecule has 134 valence electrons. The number of nitriles is 1. The van der Waals surface area contributed by atoms with Gasteiger partial charge in [0.2, 0.25) is 5.91 Å². The van der Waals surface area contributed by atoms with E-state index in [9.17, 15) is 4.79 Å². The molecule has 0 aromatic heterocycles. The highest BCUT2D eigenvalue weighted by molar-refractivity contribution is 5.79.